The number of rotatable bonds is 14. The number of ether oxygens (including phenoxy) is 2. The van der Waals surface area contributed by atoms with E-state index in [0.717, 1.165) is 70.2 Å². The zero-order chi connectivity index (χ0) is 36.2. The van der Waals surface area contributed by atoms with Crippen molar-refractivity contribution in [2.75, 3.05) is 56.1 Å². The summed E-state index contributed by atoms with van der Waals surface area (Å²) >= 11 is 0. The van der Waals surface area contributed by atoms with E-state index in [4.69, 9.17) is 24.5 Å². The first kappa shape index (κ1) is 36.7. The lowest BCUT2D eigenvalue weighted by Gasteiger charge is -2.40. The van der Waals surface area contributed by atoms with Crippen molar-refractivity contribution >= 4 is 45.6 Å². The molecule has 0 radical (unpaired) electrons. The molecule has 0 aliphatic carbocycles. The summed E-state index contributed by atoms with van der Waals surface area (Å²) in [4.78, 5) is 27.9. The second-order valence-electron chi connectivity index (χ2n) is 16.1. The minimum absolute atomic E-state index is 0.153. The molecule has 3 aromatic heterocycles. The Morgan fingerprint density at radius 2 is 1.57 bits per heavy atom. The van der Waals surface area contributed by atoms with Crippen LogP contribution >= 0.6 is 0 Å². The molecule has 1 saturated heterocycles. The monoisotopic (exact) mass is 727 g/mol. The smallest absolute Gasteiger partial charge is 0.407 e. The SMILES string of the molecule is C[Si](C)(C)CCOCN(COCC[Si](C)(C)C)c1c2c(nc3c(-c4ccc(-c5ccccc5)nc4)cnn13)N(C1CCN(C(=O)O)CC1)CC=C2. The van der Waals surface area contributed by atoms with E-state index >= 15 is 0 Å². The van der Waals surface area contributed by atoms with Gasteiger partial charge in [-0.1, -0.05) is 81.8 Å². The molecule has 13 heteroatoms. The Morgan fingerprint density at radius 1 is 0.902 bits per heavy atom. The topological polar surface area (TPSA) is 109 Å². The first-order chi connectivity index (χ1) is 24.4. The molecule has 0 saturated carbocycles. The average Bonchev–Trinajstić information content (AvgIpc) is 3.53. The standard InChI is InChI=1S/C38H53N7O4Si2/c1-50(2,3)23-21-48-27-43(28-49-22-24-51(4,5)6)37-32-13-10-18-44(31-16-19-42(20-17-31)38(46)47)35(32)41-36-33(26-40-45(36)37)30-14-15-34(39-25-30)29-11-8-7-9-12-29/h7-15,25-26,31H,16-24,27-28H2,1-6H3,(H,46,47). The number of benzene rings is 1. The predicted octanol–water partition coefficient (Wildman–Crippen LogP) is 7.86. The number of amides is 1. The molecule has 6 rings (SSSR count). The Labute approximate surface area is 303 Å². The molecule has 272 valence electrons. The van der Waals surface area contributed by atoms with Crippen LogP contribution in [0.3, 0.4) is 0 Å². The van der Waals surface area contributed by atoms with Crippen molar-refractivity contribution in [2.24, 2.45) is 0 Å². The molecule has 51 heavy (non-hydrogen) atoms. The molecule has 5 heterocycles. The maximum Gasteiger partial charge on any atom is 0.407 e. The molecule has 4 aromatic rings. The van der Waals surface area contributed by atoms with Crippen LogP contribution in [0.4, 0.5) is 16.4 Å². The third-order valence-electron chi connectivity index (χ3n) is 9.60. The van der Waals surface area contributed by atoms with Gasteiger partial charge in [0.15, 0.2) is 5.65 Å². The lowest BCUT2D eigenvalue weighted by atomic mass is 10.0. The molecule has 1 aromatic carbocycles. The molecule has 2 aliphatic heterocycles. The van der Waals surface area contributed by atoms with Gasteiger partial charge in [-0.25, -0.2) is 9.78 Å². The Hall–Kier alpha value is -4.05. The van der Waals surface area contributed by atoms with Crippen molar-refractivity contribution in [1.82, 2.24) is 24.5 Å². The van der Waals surface area contributed by atoms with Crippen LogP contribution in [0.15, 0.2) is 60.9 Å². The van der Waals surface area contributed by atoms with Gasteiger partial charge in [-0.2, -0.15) is 9.61 Å². The fourth-order valence-electron chi connectivity index (χ4n) is 6.52. The van der Waals surface area contributed by atoms with Crippen LogP contribution in [0.5, 0.6) is 0 Å². The Bertz CT molecular complexity index is 1790. The highest BCUT2D eigenvalue weighted by molar-refractivity contribution is 6.76. The first-order valence-corrected chi connectivity index (χ1v) is 25.5. The van der Waals surface area contributed by atoms with Crippen LogP contribution in [0.1, 0.15) is 18.4 Å². The first-order valence-electron chi connectivity index (χ1n) is 18.1. The van der Waals surface area contributed by atoms with Crippen LogP contribution in [-0.4, -0.2) is 104 Å². The van der Waals surface area contributed by atoms with Crippen molar-refractivity contribution in [2.45, 2.75) is 70.3 Å². The van der Waals surface area contributed by atoms with Gasteiger partial charge in [0, 0.05) is 77.9 Å². The molecule has 0 unspecified atom stereocenters. The zero-order valence-electron chi connectivity index (χ0n) is 31.0. The second kappa shape index (κ2) is 15.7. The molecule has 1 N–H and O–H groups in total. The Balaban J connectivity index is 1.42. The van der Waals surface area contributed by atoms with E-state index < -0.39 is 22.2 Å². The van der Waals surface area contributed by atoms with E-state index in [1.165, 1.54) is 4.90 Å². The van der Waals surface area contributed by atoms with Crippen molar-refractivity contribution in [1.29, 1.82) is 0 Å². The maximum atomic E-state index is 11.7. The van der Waals surface area contributed by atoms with Gasteiger partial charge in [0.25, 0.3) is 0 Å². The molecule has 11 nitrogen and oxygen atoms in total. The number of hydrogen-bond donors (Lipinski definition) is 1. The molecule has 0 spiro atoms. The van der Waals surface area contributed by atoms with Crippen molar-refractivity contribution in [3.63, 3.8) is 0 Å². The molecular formula is C38H53N7O4Si2. The maximum absolute atomic E-state index is 11.7. The molecule has 0 bridgehead atoms. The number of hydrogen-bond acceptors (Lipinski definition) is 8. The van der Waals surface area contributed by atoms with Gasteiger partial charge in [0.05, 0.1) is 17.5 Å². The van der Waals surface area contributed by atoms with Gasteiger partial charge in [0.1, 0.15) is 25.1 Å². The molecule has 2 aliphatic rings. The van der Waals surface area contributed by atoms with E-state index in [1.807, 2.05) is 41.2 Å². The molecule has 0 atom stereocenters. The van der Waals surface area contributed by atoms with E-state index in [0.29, 0.717) is 46.3 Å². The number of likely N-dealkylation sites (tertiary alicyclic amines) is 1. The summed E-state index contributed by atoms with van der Waals surface area (Å²) in [5.41, 5.74) is 5.48. The summed E-state index contributed by atoms with van der Waals surface area (Å²) in [7, 11) is -2.58. The quantitative estimate of drug-likeness (QED) is 0.0789. The summed E-state index contributed by atoms with van der Waals surface area (Å²) in [5.74, 6) is 1.75. The van der Waals surface area contributed by atoms with Gasteiger partial charge < -0.3 is 29.3 Å². The normalized spacial score (nSPS) is 15.4. The number of nitrogens with zero attached hydrogens (tertiary/aromatic N) is 7. The molecule has 1 fully saturated rings. The number of fused-ring (bicyclic) bond motifs is 2. The third kappa shape index (κ3) is 9.07. The highest BCUT2D eigenvalue weighted by Gasteiger charge is 2.33. The number of pyridine rings is 1. The van der Waals surface area contributed by atoms with Crippen molar-refractivity contribution in [3.8, 4) is 22.4 Å². The van der Waals surface area contributed by atoms with Gasteiger partial charge in [0.2, 0.25) is 0 Å². The molecular weight excluding hydrogens is 675 g/mol. The summed E-state index contributed by atoms with van der Waals surface area (Å²) in [6.45, 7) is 18.0. The highest BCUT2D eigenvalue weighted by atomic mass is 28.3. The second-order valence-corrected chi connectivity index (χ2v) is 27.3. The van der Waals surface area contributed by atoms with Crippen molar-refractivity contribution in [3.05, 3.63) is 66.5 Å². The van der Waals surface area contributed by atoms with E-state index in [9.17, 15) is 9.90 Å². The van der Waals surface area contributed by atoms with Gasteiger partial charge in [-0.15, -0.1) is 0 Å². The minimum Gasteiger partial charge on any atom is -0.465 e. The van der Waals surface area contributed by atoms with E-state index in [-0.39, 0.29) is 6.04 Å². The number of anilines is 2. The van der Waals surface area contributed by atoms with Crippen LogP contribution in [0, 0.1) is 0 Å². The fourth-order valence-corrected chi connectivity index (χ4v) is 8.03. The lowest BCUT2D eigenvalue weighted by molar-refractivity contribution is 0.0942. The van der Waals surface area contributed by atoms with Crippen LogP contribution in [0.25, 0.3) is 34.1 Å². The Kier molecular flexibility index (Phi) is 11.3. The van der Waals surface area contributed by atoms with Gasteiger partial charge in [-0.05, 0) is 37.1 Å². The summed E-state index contributed by atoms with van der Waals surface area (Å²) < 4.78 is 14.7. The number of carboxylic acid groups (broad SMARTS) is 1. The van der Waals surface area contributed by atoms with Crippen molar-refractivity contribution < 1.29 is 19.4 Å². The summed E-state index contributed by atoms with van der Waals surface area (Å²) in [6, 6.07) is 16.6. The van der Waals surface area contributed by atoms with Crippen LogP contribution < -0.4 is 9.80 Å². The van der Waals surface area contributed by atoms with Gasteiger partial charge in [-0.3, -0.25) is 4.98 Å². The average molecular weight is 728 g/mol. The Morgan fingerprint density at radius 3 is 2.16 bits per heavy atom. The van der Waals surface area contributed by atoms with Crippen LogP contribution in [0.2, 0.25) is 51.4 Å². The van der Waals surface area contributed by atoms with Gasteiger partial charge >= 0.3 is 6.09 Å². The number of aromatic nitrogens is 4. The largest absolute Gasteiger partial charge is 0.465 e. The van der Waals surface area contributed by atoms with E-state index in [1.54, 1.807) is 0 Å². The number of carbonyl (C=O) groups is 1. The fraction of sp³-hybridized carbons (Fsp3) is 0.474. The number of piperidine rings is 1. The van der Waals surface area contributed by atoms with Crippen LogP contribution in [-0.2, 0) is 9.47 Å². The lowest BCUT2D eigenvalue weighted by Crippen LogP contribution is -2.47. The molecule has 1 amide bonds. The third-order valence-corrected chi connectivity index (χ3v) is 13.0. The zero-order valence-corrected chi connectivity index (χ0v) is 33.0. The minimum atomic E-state index is -1.29. The summed E-state index contributed by atoms with van der Waals surface area (Å²) in [6.07, 6.45) is 8.72. The summed E-state index contributed by atoms with van der Waals surface area (Å²) in [5, 5.41) is 14.6. The van der Waals surface area contributed by atoms with E-state index in [2.05, 4.69) is 79.4 Å². The predicted molar refractivity (Wildman–Crippen MR) is 211 cm³/mol. The highest BCUT2D eigenvalue weighted by Crippen LogP contribution is 2.38.